The molecule has 7 nitrogen and oxygen atoms in total. The number of anilines is 1. The van der Waals surface area contributed by atoms with E-state index in [-0.39, 0.29) is 11.5 Å². The molecule has 0 fully saturated rings. The summed E-state index contributed by atoms with van der Waals surface area (Å²) < 4.78 is 0. The molecule has 2 heterocycles. The summed E-state index contributed by atoms with van der Waals surface area (Å²) in [5, 5.41) is 12.2. The summed E-state index contributed by atoms with van der Waals surface area (Å²) in [6, 6.07) is 14.9. The summed E-state index contributed by atoms with van der Waals surface area (Å²) in [6.45, 7) is 0. The Balaban J connectivity index is 1.64. The first kappa shape index (κ1) is 17.7. The van der Waals surface area contributed by atoms with Crippen LogP contribution in [0.5, 0.6) is 0 Å². The largest absolute Gasteiger partial charge is 0.478 e. The number of rotatable bonds is 4. The predicted molar refractivity (Wildman–Crippen MR) is 106 cm³/mol. The summed E-state index contributed by atoms with van der Waals surface area (Å²) in [7, 11) is 0. The number of nitrogens with one attached hydrogen (secondary N) is 2. The van der Waals surface area contributed by atoms with Crippen LogP contribution in [0.1, 0.15) is 20.7 Å². The second-order valence-electron chi connectivity index (χ2n) is 6.00. The third kappa shape index (κ3) is 3.43. The molecule has 0 bridgehead atoms. The molecular formula is C20H13ClN4O3. The number of aromatic amines is 1. The Morgan fingerprint density at radius 1 is 1.07 bits per heavy atom. The molecular weight excluding hydrogens is 380 g/mol. The van der Waals surface area contributed by atoms with Crippen LogP contribution >= 0.6 is 11.6 Å². The molecule has 2 aromatic heterocycles. The maximum Gasteiger partial charge on any atom is 0.335 e. The first-order chi connectivity index (χ1) is 13.5. The van der Waals surface area contributed by atoms with E-state index in [1.807, 2.05) is 0 Å². The molecule has 0 saturated carbocycles. The fourth-order valence-corrected chi connectivity index (χ4v) is 2.97. The third-order valence-electron chi connectivity index (χ3n) is 4.10. The number of aromatic carboxylic acids is 1. The number of nitrogens with zero attached hydrogens (tertiary/aromatic N) is 2. The van der Waals surface area contributed by atoms with Gasteiger partial charge in [-0.05, 0) is 30.3 Å². The van der Waals surface area contributed by atoms with Crippen molar-refractivity contribution in [2.75, 3.05) is 5.32 Å². The van der Waals surface area contributed by atoms with Crippen molar-refractivity contribution in [3.05, 3.63) is 76.9 Å². The van der Waals surface area contributed by atoms with Gasteiger partial charge in [0.25, 0.3) is 5.91 Å². The fourth-order valence-electron chi connectivity index (χ4n) is 2.74. The number of carbonyl (C=O) groups excluding carboxylic acids is 1. The lowest BCUT2D eigenvalue weighted by Gasteiger charge is -2.06. The van der Waals surface area contributed by atoms with Crippen LogP contribution in [0.25, 0.3) is 22.6 Å². The van der Waals surface area contributed by atoms with E-state index in [9.17, 15) is 9.59 Å². The Morgan fingerprint density at radius 3 is 2.68 bits per heavy atom. The molecule has 0 aliphatic heterocycles. The molecule has 3 N–H and O–H groups in total. The van der Waals surface area contributed by atoms with Gasteiger partial charge in [0.15, 0.2) is 5.65 Å². The number of hydrogen-bond donors (Lipinski definition) is 3. The third-order valence-corrected chi connectivity index (χ3v) is 4.43. The van der Waals surface area contributed by atoms with Crippen LogP contribution in [0.2, 0.25) is 5.02 Å². The van der Waals surface area contributed by atoms with Crippen molar-refractivity contribution < 1.29 is 14.7 Å². The zero-order chi connectivity index (χ0) is 19.7. The van der Waals surface area contributed by atoms with Gasteiger partial charge in [0.1, 0.15) is 11.3 Å². The summed E-state index contributed by atoms with van der Waals surface area (Å²) in [5.41, 5.74) is 2.67. The van der Waals surface area contributed by atoms with E-state index in [1.165, 1.54) is 18.3 Å². The predicted octanol–water partition coefficient (Wildman–Crippen LogP) is 4.23. The molecule has 0 saturated heterocycles. The van der Waals surface area contributed by atoms with Gasteiger partial charge in [0.05, 0.1) is 28.0 Å². The Morgan fingerprint density at radius 2 is 1.89 bits per heavy atom. The van der Waals surface area contributed by atoms with Gasteiger partial charge < -0.3 is 15.4 Å². The molecule has 2 aromatic carbocycles. The highest BCUT2D eigenvalue weighted by molar-refractivity contribution is 6.34. The number of H-pyrrole nitrogens is 1. The number of carbonyl (C=O) groups is 2. The molecule has 8 heteroatoms. The van der Waals surface area contributed by atoms with E-state index >= 15 is 0 Å². The van der Waals surface area contributed by atoms with Crippen LogP contribution in [0.4, 0.5) is 5.69 Å². The van der Waals surface area contributed by atoms with Crippen LogP contribution < -0.4 is 5.32 Å². The maximum absolute atomic E-state index is 12.4. The molecule has 0 atom stereocenters. The lowest BCUT2D eigenvalue weighted by Crippen LogP contribution is -2.12. The highest BCUT2D eigenvalue weighted by Gasteiger charge is 2.13. The van der Waals surface area contributed by atoms with Gasteiger partial charge in [-0.15, -0.1) is 0 Å². The second-order valence-corrected chi connectivity index (χ2v) is 6.40. The molecule has 0 unspecified atom stereocenters. The molecule has 4 rings (SSSR count). The van der Waals surface area contributed by atoms with E-state index in [0.717, 1.165) is 0 Å². The monoisotopic (exact) mass is 392 g/mol. The van der Waals surface area contributed by atoms with E-state index < -0.39 is 5.97 Å². The quantitative estimate of drug-likeness (QED) is 0.481. The minimum Gasteiger partial charge on any atom is -0.478 e. The number of fused-ring (bicyclic) bond motifs is 1. The van der Waals surface area contributed by atoms with Crippen molar-refractivity contribution in [2.24, 2.45) is 0 Å². The summed E-state index contributed by atoms with van der Waals surface area (Å²) in [4.78, 5) is 35.3. The molecule has 28 heavy (non-hydrogen) atoms. The van der Waals surface area contributed by atoms with Crippen LogP contribution in [-0.2, 0) is 0 Å². The molecule has 138 valence electrons. The molecule has 0 aliphatic carbocycles. The zero-order valence-corrected chi connectivity index (χ0v) is 15.1. The van der Waals surface area contributed by atoms with Crippen molar-refractivity contribution in [1.29, 1.82) is 0 Å². The fraction of sp³-hybridized carbons (Fsp3) is 0. The Bertz CT molecular complexity index is 1220. The highest BCUT2D eigenvalue weighted by atomic mass is 35.5. The maximum atomic E-state index is 12.4. The van der Waals surface area contributed by atoms with Crippen molar-refractivity contribution in [3.8, 4) is 11.4 Å². The van der Waals surface area contributed by atoms with Crippen LogP contribution in [0, 0.1) is 0 Å². The standard InChI is InChI=1S/C20H13ClN4O3/c21-15-7-2-1-6-14(15)19(26)23-13-9-16-18(22-10-13)25-17(24-16)11-4-3-5-12(8-11)20(27)28/h1-10H,(H,23,26)(H,27,28)(H,22,24,25). The Kier molecular flexibility index (Phi) is 4.50. The minimum atomic E-state index is -1.01. The van der Waals surface area contributed by atoms with E-state index in [1.54, 1.807) is 42.5 Å². The first-order valence-electron chi connectivity index (χ1n) is 8.26. The molecule has 0 aliphatic rings. The van der Waals surface area contributed by atoms with Gasteiger partial charge in [-0.25, -0.2) is 14.8 Å². The number of halogens is 1. The van der Waals surface area contributed by atoms with Crippen molar-refractivity contribution in [2.45, 2.75) is 0 Å². The average Bonchev–Trinajstić information content (AvgIpc) is 3.12. The van der Waals surface area contributed by atoms with Crippen LogP contribution in [-0.4, -0.2) is 31.9 Å². The number of carboxylic acids is 1. The number of pyridine rings is 1. The van der Waals surface area contributed by atoms with Gasteiger partial charge >= 0.3 is 5.97 Å². The molecule has 0 spiro atoms. The Hall–Kier alpha value is -3.71. The summed E-state index contributed by atoms with van der Waals surface area (Å²) in [6.07, 6.45) is 1.51. The number of carboxylic acid groups (broad SMARTS) is 1. The molecule has 0 radical (unpaired) electrons. The van der Waals surface area contributed by atoms with E-state index in [4.69, 9.17) is 16.7 Å². The number of amides is 1. The number of aromatic nitrogens is 3. The zero-order valence-electron chi connectivity index (χ0n) is 14.3. The summed E-state index contributed by atoms with van der Waals surface area (Å²) >= 11 is 6.05. The highest BCUT2D eigenvalue weighted by Crippen LogP contribution is 2.23. The van der Waals surface area contributed by atoms with Gasteiger partial charge in [-0.1, -0.05) is 35.9 Å². The minimum absolute atomic E-state index is 0.165. The van der Waals surface area contributed by atoms with Crippen LogP contribution in [0.15, 0.2) is 60.8 Å². The van der Waals surface area contributed by atoms with Gasteiger partial charge in [-0.2, -0.15) is 0 Å². The topological polar surface area (TPSA) is 108 Å². The van der Waals surface area contributed by atoms with Crippen molar-refractivity contribution in [3.63, 3.8) is 0 Å². The first-order valence-corrected chi connectivity index (χ1v) is 8.64. The average molecular weight is 393 g/mol. The number of benzene rings is 2. The smallest absolute Gasteiger partial charge is 0.335 e. The van der Waals surface area contributed by atoms with Gasteiger partial charge in [0, 0.05) is 5.56 Å². The van der Waals surface area contributed by atoms with Crippen molar-refractivity contribution in [1.82, 2.24) is 15.0 Å². The lowest BCUT2D eigenvalue weighted by molar-refractivity contribution is 0.0696. The van der Waals surface area contributed by atoms with Gasteiger partial charge in [0.2, 0.25) is 0 Å². The Labute approximate surface area is 164 Å². The normalized spacial score (nSPS) is 10.8. The van der Waals surface area contributed by atoms with Crippen molar-refractivity contribution >= 4 is 40.3 Å². The summed E-state index contributed by atoms with van der Waals surface area (Å²) in [5.74, 6) is -0.877. The number of imidazole rings is 1. The lowest BCUT2D eigenvalue weighted by atomic mass is 10.1. The van der Waals surface area contributed by atoms with Crippen LogP contribution in [0.3, 0.4) is 0 Å². The van der Waals surface area contributed by atoms with Gasteiger partial charge in [-0.3, -0.25) is 4.79 Å². The molecule has 1 amide bonds. The number of hydrogen-bond acceptors (Lipinski definition) is 4. The van der Waals surface area contributed by atoms with E-state index in [0.29, 0.717) is 38.8 Å². The molecule has 4 aromatic rings. The van der Waals surface area contributed by atoms with E-state index in [2.05, 4.69) is 20.3 Å². The SMILES string of the molecule is O=C(O)c1cccc(-c2nc3cc(NC(=O)c4ccccc4Cl)cnc3[nH]2)c1. The second kappa shape index (κ2) is 7.13.